The van der Waals surface area contributed by atoms with Gasteiger partial charge in [0.1, 0.15) is 5.75 Å². The molecule has 5 heteroatoms. The summed E-state index contributed by atoms with van der Waals surface area (Å²) in [7, 11) is 0. The Balaban J connectivity index is 1.75. The van der Waals surface area contributed by atoms with E-state index in [4.69, 9.17) is 10.5 Å². The summed E-state index contributed by atoms with van der Waals surface area (Å²) in [5.41, 5.74) is 6.82. The first kappa shape index (κ1) is 13.8. The Morgan fingerprint density at radius 2 is 2.37 bits per heavy atom. The molecule has 1 aliphatic rings. The van der Waals surface area contributed by atoms with Gasteiger partial charge in [-0.15, -0.1) is 0 Å². The van der Waals surface area contributed by atoms with E-state index in [1.165, 1.54) is 0 Å². The summed E-state index contributed by atoms with van der Waals surface area (Å²) in [6.45, 7) is 2.10. The molecule has 104 valence electrons. The van der Waals surface area contributed by atoms with Crippen LogP contribution in [0.3, 0.4) is 0 Å². The maximum absolute atomic E-state index is 11.4. The Morgan fingerprint density at radius 1 is 1.58 bits per heavy atom. The molecule has 1 amide bonds. The summed E-state index contributed by atoms with van der Waals surface area (Å²) in [4.78, 5) is 15.7. The Labute approximate surface area is 113 Å². The van der Waals surface area contributed by atoms with Gasteiger partial charge in [0, 0.05) is 24.2 Å². The van der Waals surface area contributed by atoms with Crippen molar-refractivity contribution in [1.29, 1.82) is 0 Å². The van der Waals surface area contributed by atoms with Gasteiger partial charge >= 0.3 is 0 Å². The van der Waals surface area contributed by atoms with Gasteiger partial charge < -0.3 is 15.8 Å². The number of carbonyl (C=O) groups is 1. The normalized spacial score (nSPS) is 15.9. The molecule has 1 fully saturated rings. The van der Waals surface area contributed by atoms with E-state index in [1.54, 1.807) is 6.20 Å². The van der Waals surface area contributed by atoms with Crippen LogP contribution in [0.2, 0.25) is 0 Å². The van der Waals surface area contributed by atoms with Gasteiger partial charge in [0.15, 0.2) is 6.61 Å². The van der Waals surface area contributed by atoms with Crippen molar-refractivity contribution < 1.29 is 9.53 Å². The number of aromatic nitrogens is 1. The smallest absolute Gasteiger partial charge is 0.258 e. The second-order valence-corrected chi connectivity index (χ2v) is 4.99. The number of nitrogens with two attached hydrogens (primary N) is 1. The van der Waals surface area contributed by atoms with Crippen LogP contribution in [0.1, 0.15) is 31.9 Å². The van der Waals surface area contributed by atoms with Crippen molar-refractivity contribution in [2.75, 3.05) is 6.61 Å². The molecule has 5 nitrogen and oxygen atoms in total. The minimum Gasteiger partial charge on any atom is -0.482 e. The van der Waals surface area contributed by atoms with Crippen LogP contribution in [-0.2, 0) is 11.2 Å². The van der Waals surface area contributed by atoms with E-state index in [2.05, 4.69) is 17.2 Å². The van der Waals surface area contributed by atoms with Crippen molar-refractivity contribution >= 4 is 5.91 Å². The van der Waals surface area contributed by atoms with Gasteiger partial charge in [-0.05, 0) is 31.4 Å². The first-order chi connectivity index (χ1) is 9.17. The molecule has 0 saturated heterocycles. The molecule has 0 spiro atoms. The zero-order chi connectivity index (χ0) is 13.7. The molecule has 1 aromatic heterocycles. The zero-order valence-corrected chi connectivity index (χ0v) is 11.3. The quantitative estimate of drug-likeness (QED) is 0.770. The lowest BCUT2D eigenvalue weighted by Crippen LogP contribution is -2.30. The average molecular weight is 263 g/mol. The Bertz CT molecular complexity index is 415. The number of hydrogen-bond acceptors (Lipinski definition) is 4. The molecule has 1 saturated carbocycles. The van der Waals surface area contributed by atoms with E-state index < -0.39 is 0 Å². The predicted octanol–water partition coefficient (Wildman–Crippen LogP) is 1.02. The summed E-state index contributed by atoms with van der Waals surface area (Å²) < 4.78 is 5.38. The molecule has 1 atom stereocenters. The van der Waals surface area contributed by atoms with Crippen LogP contribution in [0.25, 0.3) is 0 Å². The average Bonchev–Trinajstić information content (AvgIpc) is 3.21. The maximum Gasteiger partial charge on any atom is 0.258 e. The van der Waals surface area contributed by atoms with Crippen molar-refractivity contribution in [1.82, 2.24) is 10.3 Å². The number of nitrogens with zero attached hydrogens (tertiary/aromatic N) is 1. The second-order valence-electron chi connectivity index (χ2n) is 4.99. The number of hydrogen-bond donors (Lipinski definition) is 2. The van der Waals surface area contributed by atoms with Crippen molar-refractivity contribution in [3.8, 4) is 5.75 Å². The van der Waals surface area contributed by atoms with Crippen LogP contribution in [-0.4, -0.2) is 29.6 Å². The minimum absolute atomic E-state index is 0.0476. The molecule has 1 heterocycles. The lowest BCUT2D eigenvalue weighted by atomic mass is 10.1. The number of rotatable bonds is 7. The third-order valence-electron chi connectivity index (χ3n) is 3.11. The van der Waals surface area contributed by atoms with Crippen LogP contribution in [0, 0.1) is 0 Å². The SMILES string of the molecule is CCC(N)Cc1ccc(OCC(=O)NC2CC2)cn1. The summed E-state index contributed by atoms with van der Waals surface area (Å²) in [6.07, 6.45) is 5.50. The monoisotopic (exact) mass is 263 g/mol. The van der Waals surface area contributed by atoms with E-state index in [0.29, 0.717) is 11.8 Å². The lowest BCUT2D eigenvalue weighted by molar-refractivity contribution is -0.123. The van der Waals surface area contributed by atoms with Crippen molar-refractivity contribution in [2.24, 2.45) is 5.73 Å². The summed E-state index contributed by atoms with van der Waals surface area (Å²) in [5.74, 6) is 0.541. The van der Waals surface area contributed by atoms with Crippen LogP contribution >= 0.6 is 0 Å². The second kappa shape index (κ2) is 6.52. The number of amides is 1. The van der Waals surface area contributed by atoms with E-state index in [1.807, 2.05) is 12.1 Å². The van der Waals surface area contributed by atoms with E-state index >= 15 is 0 Å². The van der Waals surface area contributed by atoms with Crippen molar-refractivity contribution in [3.63, 3.8) is 0 Å². The highest BCUT2D eigenvalue weighted by atomic mass is 16.5. The number of ether oxygens (including phenoxy) is 1. The molecule has 0 radical (unpaired) electrons. The first-order valence-electron chi connectivity index (χ1n) is 6.80. The van der Waals surface area contributed by atoms with Crippen LogP contribution in [0.5, 0.6) is 5.75 Å². The first-order valence-corrected chi connectivity index (χ1v) is 6.80. The molecule has 2 rings (SSSR count). The van der Waals surface area contributed by atoms with Crippen LogP contribution < -0.4 is 15.8 Å². The number of nitrogens with one attached hydrogen (secondary N) is 1. The molecular weight excluding hydrogens is 242 g/mol. The molecule has 1 aromatic rings. The van der Waals surface area contributed by atoms with Gasteiger partial charge in [-0.3, -0.25) is 9.78 Å². The fourth-order valence-corrected chi connectivity index (χ4v) is 1.68. The summed E-state index contributed by atoms with van der Waals surface area (Å²) in [5, 5.41) is 2.87. The van der Waals surface area contributed by atoms with Gasteiger partial charge in [0.2, 0.25) is 0 Å². The highest BCUT2D eigenvalue weighted by molar-refractivity contribution is 5.78. The van der Waals surface area contributed by atoms with E-state index in [-0.39, 0.29) is 18.6 Å². The number of pyridine rings is 1. The topological polar surface area (TPSA) is 77.2 Å². The number of carbonyl (C=O) groups excluding carboxylic acids is 1. The molecule has 1 unspecified atom stereocenters. The van der Waals surface area contributed by atoms with E-state index in [0.717, 1.165) is 31.4 Å². The van der Waals surface area contributed by atoms with Gasteiger partial charge in [0.25, 0.3) is 5.91 Å². The van der Waals surface area contributed by atoms with E-state index in [9.17, 15) is 4.79 Å². The Kier molecular flexibility index (Phi) is 4.74. The molecule has 0 bridgehead atoms. The predicted molar refractivity (Wildman–Crippen MR) is 72.9 cm³/mol. The summed E-state index contributed by atoms with van der Waals surface area (Å²) in [6, 6.07) is 4.23. The Hall–Kier alpha value is -1.62. The molecule has 19 heavy (non-hydrogen) atoms. The fourth-order valence-electron chi connectivity index (χ4n) is 1.68. The van der Waals surface area contributed by atoms with Gasteiger partial charge in [-0.1, -0.05) is 6.92 Å². The molecule has 1 aliphatic carbocycles. The molecule has 0 aromatic carbocycles. The van der Waals surface area contributed by atoms with Crippen molar-refractivity contribution in [3.05, 3.63) is 24.0 Å². The standard InChI is InChI=1S/C14H21N3O2/c1-2-10(15)7-12-5-6-13(8-16-12)19-9-14(18)17-11-3-4-11/h5-6,8,10-11H,2-4,7,9,15H2,1H3,(H,17,18). The maximum atomic E-state index is 11.4. The third kappa shape index (κ3) is 4.87. The van der Waals surface area contributed by atoms with Crippen LogP contribution in [0.4, 0.5) is 0 Å². The van der Waals surface area contributed by atoms with Gasteiger partial charge in [-0.25, -0.2) is 0 Å². The molecular formula is C14H21N3O2. The summed E-state index contributed by atoms with van der Waals surface area (Å²) >= 11 is 0. The van der Waals surface area contributed by atoms with Crippen molar-refractivity contribution in [2.45, 2.75) is 44.7 Å². The minimum atomic E-state index is -0.0698. The molecule has 0 aliphatic heterocycles. The van der Waals surface area contributed by atoms with Gasteiger partial charge in [0.05, 0.1) is 6.20 Å². The Morgan fingerprint density at radius 3 is 2.95 bits per heavy atom. The highest BCUT2D eigenvalue weighted by Gasteiger charge is 2.23. The third-order valence-corrected chi connectivity index (χ3v) is 3.11. The molecule has 3 N–H and O–H groups in total. The fraction of sp³-hybridized carbons (Fsp3) is 0.571. The lowest BCUT2D eigenvalue weighted by Gasteiger charge is -2.09. The zero-order valence-electron chi connectivity index (χ0n) is 11.3. The highest BCUT2D eigenvalue weighted by Crippen LogP contribution is 2.18. The largest absolute Gasteiger partial charge is 0.482 e. The van der Waals surface area contributed by atoms with Gasteiger partial charge in [-0.2, -0.15) is 0 Å². The van der Waals surface area contributed by atoms with Crippen LogP contribution in [0.15, 0.2) is 18.3 Å².